The Bertz CT molecular complexity index is 1250. The average Bonchev–Trinajstić information content (AvgIpc) is 2.88. The van der Waals surface area contributed by atoms with Crippen LogP contribution in [0.5, 0.6) is 11.6 Å². The molecule has 2 heterocycles. The number of aromatic nitrogens is 2. The minimum atomic E-state index is -4.55. The van der Waals surface area contributed by atoms with E-state index in [4.69, 9.17) is 14.2 Å². The van der Waals surface area contributed by atoms with E-state index < -0.39 is 17.8 Å². The number of carbonyl (C=O) groups excluding carboxylic acids is 1. The predicted octanol–water partition coefficient (Wildman–Crippen LogP) is 5.45. The highest BCUT2D eigenvalue weighted by atomic mass is 19.4. The van der Waals surface area contributed by atoms with Gasteiger partial charge in [0.25, 0.3) is 0 Å². The Hall–Kier alpha value is -3.86. The zero-order valence-electron chi connectivity index (χ0n) is 20.4. The molecule has 38 heavy (non-hydrogen) atoms. The summed E-state index contributed by atoms with van der Waals surface area (Å²) in [6.07, 6.45) is -0.530. The van der Waals surface area contributed by atoms with Gasteiger partial charge in [-0.2, -0.15) is 18.2 Å². The summed E-state index contributed by atoms with van der Waals surface area (Å²) in [6.45, 7) is 0.696. The van der Waals surface area contributed by atoms with Crippen molar-refractivity contribution in [3.63, 3.8) is 0 Å². The minimum absolute atomic E-state index is 0.0424. The summed E-state index contributed by atoms with van der Waals surface area (Å²) >= 11 is 0. The summed E-state index contributed by atoms with van der Waals surface area (Å²) in [7, 11) is 0. The molecule has 2 aromatic carbocycles. The van der Waals surface area contributed by atoms with Crippen molar-refractivity contribution in [2.75, 3.05) is 18.5 Å². The summed E-state index contributed by atoms with van der Waals surface area (Å²) in [5.74, 6) is 1.23. The maximum absolute atomic E-state index is 13.2. The van der Waals surface area contributed by atoms with E-state index in [0.717, 1.165) is 17.7 Å². The summed E-state index contributed by atoms with van der Waals surface area (Å²) < 4.78 is 56.5. The van der Waals surface area contributed by atoms with Crippen LogP contribution in [0.1, 0.15) is 31.2 Å². The molecule has 1 aliphatic heterocycles. The van der Waals surface area contributed by atoms with Crippen molar-refractivity contribution in [3.8, 4) is 23.0 Å². The second kappa shape index (κ2) is 11.3. The van der Waals surface area contributed by atoms with Gasteiger partial charge in [0.1, 0.15) is 18.0 Å². The monoisotopic (exact) mass is 528 g/mol. The van der Waals surface area contributed by atoms with Crippen molar-refractivity contribution in [3.05, 3.63) is 66.4 Å². The lowest BCUT2D eigenvalue weighted by Gasteiger charge is -2.30. The van der Waals surface area contributed by atoms with Gasteiger partial charge in [-0.25, -0.2) is 9.78 Å². The molecule has 200 valence electrons. The SMILES string of the molecule is O=C(Nc1cc(C(F)(F)F)ccc1OC1COC1)NC1CCC(Oc2ccnc(-c3ccccc3)n2)CC1. The third-order valence-corrected chi connectivity index (χ3v) is 6.42. The van der Waals surface area contributed by atoms with Gasteiger partial charge in [0.15, 0.2) is 5.82 Å². The van der Waals surface area contributed by atoms with Gasteiger partial charge in [-0.1, -0.05) is 30.3 Å². The van der Waals surface area contributed by atoms with E-state index in [1.807, 2.05) is 30.3 Å². The molecule has 2 fully saturated rings. The Morgan fingerprint density at radius 3 is 2.39 bits per heavy atom. The highest BCUT2D eigenvalue weighted by Crippen LogP contribution is 2.36. The molecular weight excluding hydrogens is 501 g/mol. The fourth-order valence-electron chi connectivity index (χ4n) is 4.34. The molecule has 5 rings (SSSR count). The van der Waals surface area contributed by atoms with E-state index >= 15 is 0 Å². The lowest BCUT2D eigenvalue weighted by Crippen LogP contribution is -2.42. The fourth-order valence-corrected chi connectivity index (χ4v) is 4.34. The van der Waals surface area contributed by atoms with Crippen LogP contribution in [0, 0.1) is 0 Å². The number of hydrogen-bond acceptors (Lipinski definition) is 6. The number of urea groups is 1. The first-order valence-corrected chi connectivity index (χ1v) is 12.4. The van der Waals surface area contributed by atoms with Gasteiger partial charge in [0.2, 0.25) is 5.88 Å². The van der Waals surface area contributed by atoms with Gasteiger partial charge < -0.3 is 24.8 Å². The molecule has 0 spiro atoms. The first kappa shape index (κ1) is 25.8. The molecule has 2 amide bonds. The quantitative estimate of drug-likeness (QED) is 0.424. The Morgan fingerprint density at radius 2 is 1.71 bits per heavy atom. The molecule has 1 aromatic heterocycles. The van der Waals surface area contributed by atoms with E-state index in [-0.39, 0.29) is 29.7 Å². The van der Waals surface area contributed by atoms with Gasteiger partial charge >= 0.3 is 12.2 Å². The number of hydrogen-bond donors (Lipinski definition) is 2. The normalized spacial score (nSPS) is 19.8. The van der Waals surface area contributed by atoms with Gasteiger partial charge in [0, 0.05) is 23.9 Å². The summed E-state index contributed by atoms with van der Waals surface area (Å²) in [6, 6.07) is 13.6. The Balaban J connectivity index is 1.15. The molecule has 2 N–H and O–H groups in total. The molecule has 1 saturated carbocycles. The molecular formula is C27H27F3N4O4. The summed E-state index contributed by atoms with van der Waals surface area (Å²) in [4.78, 5) is 21.5. The van der Waals surface area contributed by atoms with E-state index in [1.54, 1.807) is 12.3 Å². The summed E-state index contributed by atoms with van der Waals surface area (Å²) in [5, 5.41) is 5.39. The third kappa shape index (κ3) is 6.52. The second-order valence-electron chi connectivity index (χ2n) is 9.26. The van der Waals surface area contributed by atoms with Crippen LogP contribution in [0.2, 0.25) is 0 Å². The molecule has 1 saturated heterocycles. The first-order chi connectivity index (χ1) is 18.3. The molecule has 0 atom stereocenters. The molecule has 11 heteroatoms. The first-order valence-electron chi connectivity index (χ1n) is 12.4. The van der Waals surface area contributed by atoms with Gasteiger partial charge in [-0.05, 0) is 43.9 Å². The van der Waals surface area contributed by atoms with E-state index in [2.05, 4.69) is 20.6 Å². The molecule has 3 aromatic rings. The van der Waals surface area contributed by atoms with Crippen molar-refractivity contribution in [1.29, 1.82) is 0 Å². The second-order valence-corrected chi connectivity index (χ2v) is 9.26. The van der Waals surface area contributed by atoms with Gasteiger partial charge in [-0.15, -0.1) is 0 Å². The number of amides is 2. The van der Waals surface area contributed by atoms with Crippen LogP contribution in [0.15, 0.2) is 60.8 Å². The number of ether oxygens (including phenoxy) is 3. The molecule has 2 aliphatic rings. The number of alkyl halides is 3. The van der Waals surface area contributed by atoms with Crippen LogP contribution in [-0.2, 0) is 10.9 Å². The number of rotatable bonds is 7. The minimum Gasteiger partial charge on any atom is -0.483 e. The van der Waals surface area contributed by atoms with Crippen LogP contribution < -0.4 is 20.1 Å². The number of benzene rings is 2. The van der Waals surface area contributed by atoms with Gasteiger partial charge in [-0.3, -0.25) is 0 Å². The zero-order chi connectivity index (χ0) is 26.5. The Kier molecular flexibility index (Phi) is 7.64. The predicted molar refractivity (Wildman–Crippen MR) is 133 cm³/mol. The van der Waals surface area contributed by atoms with E-state index in [0.29, 0.717) is 50.6 Å². The van der Waals surface area contributed by atoms with Crippen molar-refractivity contribution in [2.45, 2.75) is 50.1 Å². The standard InChI is InChI=1S/C27H27F3N4O4/c28-27(29,30)18-6-11-23(37-21-15-36-16-21)22(14-18)33-26(35)32-19-7-9-20(10-8-19)38-24-12-13-31-25(34-24)17-4-2-1-3-5-17/h1-6,11-14,19-21H,7-10,15-16H2,(H2,32,33,35). The lowest BCUT2D eigenvalue weighted by atomic mass is 9.93. The van der Waals surface area contributed by atoms with Crippen LogP contribution in [-0.4, -0.2) is 47.5 Å². The number of nitrogens with one attached hydrogen (secondary N) is 2. The summed E-state index contributed by atoms with van der Waals surface area (Å²) in [5.41, 5.74) is -0.0192. The average molecular weight is 529 g/mol. The van der Waals surface area contributed by atoms with E-state index in [9.17, 15) is 18.0 Å². The topological polar surface area (TPSA) is 94.6 Å². The molecule has 0 unspecified atom stereocenters. The van der Waals surface area contributed by atoms with Crippen molar-refractivity contribution < 1.29 is 32.2 Å². The van der Waals surface area contributed by atoms with Crippen LogP contribution in [0.3, 0.4) is 0 Å². The smallest absolute Gasteiger partial charge is 0.416 e. The van der Waals surface area contributed by atoms with Crippen LogP contribution in [0.4, 0.5) is 23.7 Å². The van der Waals surface area contributed by atoms with Crippen LogP contribution in [0.25, 0.3) is 11.4 Å². The van der Waals surface area contributed by atoms with Crippen molar-refractivity contribution in [2.24, 2.45) is 0 Å². The van der Waals surface area contributed by atoms with Gasteiger partial charge in [0.05, 0.1) is 24.5 Å². The fraction of sp³-hybridized carbons (Fsp3) is 0.370. The highest BCUT2D eigenvalue weighted by molar-refractivity contribution is 5.91. The largest absolute Gasteiger partial charge is 0.483 e. The lowest BCUT2D eigenvalue weighted by molar-refractivity contribution is -0.137. The molecule has 0 bridgehead atoms. The third-order valence-electron chi connectivity index (χ3n) is 6.42. The number of carbonyl (C=O) groups is 1. The number of anilines is 1. The maximum Gasteiger partial charge on any atom is 0.416 e. The number of nitrogens with zero attached hydrogens (tertiary/aromatic N) is 2. The van der Waals surface area contributed by atoms with Crippen LogP contribution >= 0.6 is 0 Å². The highest BCUT2D eigenvalue weighted by Gasteiger charge is 2.32. The van der Waals surface area contributed by atoms with Crippen molar-refractivity contribution in [1.82, 2.24) is 15.3 Å². The Morgan fingerprint density at radius 1 is 0.947 bits per heavy atom. The Labute approximate surface area is 217 Å². The number of halogens is 3. The molecule has 1 aliphatic carbocycles. The molecule has 0 radical (unpaired) electrons. The molecule has 8 nitrogen and oxygen atoms in total. The maximum atomic E-state index is 13.2. The van der Waals surface area contributed by atoms with Crippen molar-refractivity contribution >= 4 is 11.7 Å². The van der Waals surface area contributed by atoms with E-state index in [1.165, 1.54) is 6.07 Å². The zero-order valence-corrected chi connectivity index (χ0v) is 20.4.